The number of nitrogens with zero attached hydrogens (tertiary/aromatic N) is 2. The molecule has 0 aliphatic rings. The van der Waals surface area contributed by atoms with Gasteiger partial charge < -0.3 is 10.3 Å². The van der Waals surface area contributed by atoms with Crippen molar-refractivity contribution in [2.24, 2.45) is 0 Å². The Balaban J connectivity index is 1.46. The van der Waals surface area contributed by atoms with E-state index in [4.69, 9.17) is 5.26 Å². The minimum absolute atomic E-state index is 0.215. The first kappa shape index (κ1) is 17.5. The van der Waals surface area contributed by atoms with Crippen molar-refractivity contribution in [3.63, 3.8) is 0 Å². The van der Waals surface area contributed by atoms with Crippen LogP contribution in [0.2, 0.25) is 0 Å². The molecule has 136 valence electrons. The van der Waals surface area contributed by atoms with Crippen molar-refractivity contribution in [1.82, 2.24) is 9.97 Å². The lowest BCUT2D eigenvalue weighted by atomic mass is 10.1. The summed E-state index contributed by atoms with van der Waals surface area (Å²) in [7, 11) is 0. The molecule has 0 aliphatic carbocycles. The zero-order valence-corrected chi connectivity index (χ0v) is 15.1. The number of anilines is 1. The molecular weight excluding hydrogens is 348 g/mol. The van der Waals surface area contributed by atoms with Gasteiger partial charge in [0, 0.05) is 17.7 Å². The van der Waals surface area contributed by atoms with Gasteiger partial charge in [0.2, 0.25) is 0 Å². The Hall–Kier alpha value is -3.91. The molecule has 1 aromatic heterocycles. The summed E-state index contributed by atoms with van der Waals surface area (Å²) in [5.41, 5.74) is 4.77. The van der Waals surface area contributed by atoms with Gasteiger partial charge in [-0.05, 0) is 54.4 Å². The molecule has 5 nitrogen and oxygen atoms in total. The molecule has 0 unspecified atom stereocenters. The van der Waals surface area contributed by atoms with Gasteiger partial charge in [-0.25, -0.2) is 4.98 Å². The van der Waals surface area contributed by atoms with Gasteiger partial charge in [0.05, 0.1) is 22.7 Å². The summed E-state index contributed by atoms with van der Waals surface area (Å²) >= 11 is 0. The van der Waals surface area contributed by atoms with Gasteiger partial charge in [-0.2, -0.15) is 5.26 Å². The molecule has 0 spiro atoms. The van der Waals surface area contributed by atoms with Crippen molar-refractivity contribution in [1.29, 1.82) is 5.26 Å². The predicted octanol–water partition coefficient (Wildman–Crippen LogP) is 4.47. The molecule has 0 atom stereocenters. The fourth-order valence-electron chi connectivity index (χ4n) is 3.07. The van der Waals surface area contributed by atoms with Crippen LogP contribution in [0.15, 0.2) is 72.8 Å². The van der Waals surface area contributed by atoms with E-state index in [1.807, 2.05) is 42.5 Å². The van der Waals surface area contributed by atoms with E-state index in [9.17, 15) is 4.79 Å². The number of benzene rings is 3. The van der Waals surface area contributed by atoms with Gasteiger partial charge in [-0.15, -0.1) is 0 Å². The Morgan fingerprint density at radius 2 is 1.79 bits per heavy atom. The molecule has 0 radical (unpaired) electrons. The van der Waals surface area contributed by atoms with Gasteiger partial charge in [0.15, 0.2) is 0 Å². The number of carbonyl (C=O) groups is 1. The maximum Gasteiger partial charge on any atom is 0.255 e. The smallest absolute Gasteiger partial charge is 0.255 e. The van der Waals surface area contributed by atoms with Crippen molar-refractivity contribution in [2.75, 3.05) is 5.32 Å². The Bertz CT molecular complexity index is 1150. The third kappa shape index (κ3) is 3.92. The van der Waals surface area contributed by atoms with E-state index < -0.39 is 0 Å². The lowest BCUT2D eigenvalue weighted by Gasteiger charge is -2.05. The second kappa shape index (κ2) is 7.77. The molecule has 0 bridgehead atoms. The Labute approximate surface area is 162 Å². The molecule has 0 saturated heterocycles. The summed E-state index contributed by atoms with van der Waals surface area (Å²) in [5, 5.41) is 11.7. The molecule has 2 N–H and O–H groups in total. The SMILES string of the molecule is N#Cc1ccc(C(=O)Nc2ccc3nc(CCc4ccccc4)[nH]c3c2)cc1. The minimum atomic E-state index is -0.215. The van der Waals surface area contributed by atoms with Crippen molar-refractivity contribution in [2.45, 2.75) is 12.8 Å². The molecular formula is C23H18N4O. The quantitative estimate of drug-likeness (QED) is 0.547. The van der Waals surface area contributed by atoms with Gasteiger partial charge >= 0.3 is 0 Å². The van der Waals surface area contributed by atoms with Crippen LogP contribution in [-0.4, -0.2) is 15.9 Å². The summed E-state index contributed by atoms with van der Waals surface area (Å²) in [6.45, 7) is 0. The van der Waals surface area contributed by atoms with Gasteiger partial charge in [-0.1, -0.05) is 30.3 Å². The number of H-pyrrole nitrogens is 1. The minimum Gasteiger partial charge on any atom is -0.342 e. The molecule has 0 fully saturated rings. The van der Waals surface area contributed by atoms with Crippen LogP contribution in [0.4, 0.5) is 5.69 Å². The number of nitriles is 1. The van der Waals surface area contributed by atoms with Crippen molar-refractivity contribution in [3.05, 3.63) is 95.3 Å². The van der Waals surface area contributed by atoms with Gasteiger partial charge in [0.1, 0.15) is 5.82 Å². The van der Waals surface area contributed by atoms with E-state index in [1.54, 1.807) is 24.3 Å². The number of nitrogens with one attached hydrogen (secondary N) is 2. The van der Waals surface area contributed by atoms with E-state index in [0.717, 1.165) is 29.7 Å². The normalized spacial score (nSPS) is 10.5. The number of hydrogen-bond acceptors (Lipinski definition) is 3. The molecule has 1 amide bonds. The fourth-order valence-corrected chi connectivity index (χ4v) is 3.07. The van der Waals surface area contributed by atoms with E-state index in [2.05, 4.69) is 27.4 Å². The highest BCUT2D eigenvalue weighted by Gasteiger charge is 2.09. The highest BCUT2D eigenvalue weighted by atomic mass is 16.1. The first-order valence-electron chi connectivity index (χ1n) is 9.05. The second-order valence-corrected chi connectivity index (χ2v) is 6.54. The highest BCUT2D eigenvalue weighted by Crippen LogP contribution is 2.19. The highest BCUT2D eigenvalue weighted by molar-refractivity contribution is 6.05. The number of aromatic nitrogens is 2. The maximum atomic E-state index is 12.4. The monoisotopic (exact) mass is 366 g/mol. The van der Waals surface area contributed by atoms with E-state index in [1.165, 1.54) is 5.56 Å². The first-order chi connectivity index (χ1) is 13.7. The Morgan fingerprint density at radius 1 is 1.00 bits per heavy atom. The molecule has 28 heavy (non-hydrogen) atoms. The first-order valence-corrected chi connectivity index (χ1v) is 9.05. The summed E-state index contributed by atoms with van der Waals surface area (Å²) in [5.74, 6) is 0.710. The van der Waals surface area contributed by atoms with Crippen LogP contribution in [0.25, 0.3) is 11.0 Å². The number of aromatic amines is 1. The molecule has 5 heteroatoms. The van der Waals surface area contributed by atoms with Crippen LogP contribution in [-0.2, 0) is 12.8 Å². The predicted molar refractivity (Wildman–Crippen MR) is 109 cm³/mol. The molecule has 1 heterocycles. The number of fused-ring (bicyclic) bond motifs is 1. The number of aryl methyl sites for hydroxylation is 2. The lowest BCUT2D eigenvalue weighted by Crippen LogP contribution is -2.11. The van der Waals surface area contributed by atoms with Crippen LogP contribution in [0.3, 0.4) is 0 Å². The summed E-state index contributed by atoms with van der Waals surface area (Å²) in [6, 6.07) is 24.5. The molecule has 0 saturated carbocycles. The molecule has 4 rings (SSSR count). The summed E-state index contributed by atoms with van der Waals surface area (Å²) < 4.78 is 0. The number of imidazole rings is 1. The van der Waals surface area contributed by atoms with Crippen LogP contribution in [0, 0.1) is 11.3 Å². The Kier molecular flexibility index (Phi) is 4.85. The van der Waals surface area contributed by atoms with E-state index in [-0.39, 0.29) is 5.91 Å². The molecule has 0 aliphatic heterocycles. The van der Waals surface area contributed by atoms with Crippen LogP contribution in [0.1, 0.15) is 27.3 Å². The van der Waals surface area contributed by atoms with Crippen LogP contribution >= 0.6 is 0 Å². The van der Waals surface area contributed by atoms with Crippen molar-refractivity contribution >= 4 is 22.6 Å². The maximum absolute atomic E-state index is 12.4. The Morgan fingerprint density at radius 3 is 2.54 bits per heavy atom. The standard InChI is InChI=1S/C23H18N4O/c24-15-17-6-9-18(10-7-17)23(28)25-19-11-12-20-21(14-19)27-22(26-20)13-8-16-4-2-1-3-5-16/h1-7,9-12,14H,8,13H2,(H,25,28)(H,26,27). The molecule has 4 aromatic rings. The number of rotatable bonds is 5. The van der Waals surface area contributed by atoms with Gasteiger partial charge in [0.25, 0.3) is 5.91 Å². The largest absolute Gasteiger partial charge is 0.342 e. The zero-order chi connectivity index (χ0) is 19.3. The number of amides is 1. The van der Waals surface area contributed by atoms with E-state index >= 15 is 0 Å². The lowest BCUT2D eigenvalue weighted by molar-refractivity contribution is 0.102. The zero-order valence-electron chi connectivity index (χ0n) is 15.1. The van der Waals surface area contributed by atoms with Crippen molar-refractivity contribution in [3.8, 4) is 6.07 Å². The third-order valence-corrected chi connectivity index (χ3v) is 4.56. The number of carbonyl (C=O) groups excluding carboxylic acids is 1. The van der Waals surface area contributed by atoms with E-state index in [0.29, 0.717) is 16.8 Å². The third-order valence-electron chi connectivity index (χ3n) is 4.56. The molecule has 3 aromatic carbocycles. The fraction of sp³-hybridized carbons (Fsp3) is 0.0870. The average Bonchev–Trinajstić information content (AvgIpc) is 3.15. The van der Waals surface area contributed by atoms with Gasteiger partial charge in [-0.3, -0.25) is 4.79 Å². The topological polar surface area (TPSA) is 81.6 Å². The summed E-state index contributed by atoms with van der Waals surface area (Å²) in [6.07, 6.45) is 1.74. The average molecular weight is 366 g/mol. The summed E-state index contributed by atoms with van der Waals surface area (Å²) in [4.78, 5) is 20.4. The number of hydrogen-bond donors (Lipinski definition) is 2. The second-order valence-electron chi connectivity index (χ2n) is 6.54. The van der Waals surface area contributed by atoms with Crippen molar-refractivity contribution < 1.29 is 4.79 Å². The van der Waals surface area contributed by atoms with Crippen LogP contribution in [0.5, 0.6) is 0 Å². The van der Waals surface area contributed by atoms with Crippen LogP contribution < -0.4 is 5.32 Å².